The van der Waals surface area contributed by atoms with E-state index in [9.17, 15) is 9.59 Å². The van der Waals surface area contributed by atoms with Gasteiger partial charge in [0, 0.05) is 25.8 Å². The molecule has 2 unspecified atom stereocenters. The Bertz CT molecular complexity index is 708. The van der Waals surface area contributed by atoms with Crippen LogP contribution in [0.25, 0.3) is 0 Å². The number of hydrogen-bond donors (Lipinski definition) is 0. The van der Waals surface area contributed by atoms with Gasteiger partial charge < -0.3 is 0 Å². The molecule has 2 saturated heterocycles. The first-order chi connectivity index (χ1) is 11.2. The summed E-state index contributed by atoms with van der Waals surface area (Å²) in [5, 5.41) is 0. The van der Waals surface area contributed by atoms with Crippen molar-refractivity contribution in [2.45, 2.75) is 6.54 Å². The van der Waals surface area contributed by atoms with Gasteiger partial charge in [-0.05, 0) is 17.7 Å². The zero-order valence-corrected chi connectivity index (χ0v) is 12.6. The Morgan fingerprint density at radius 2 is 1.65 bits per heavy atom. The predicted molar refractivity (Wildman–Crippen MR) is 85.4 cm³/mol. The topological polar surface area (TPSA) is 53.5 Å². The van der Waals surface area contributed by atoms with Crippen LogP contribution in [0.2, 0.25) is 0 Å². The number of anilines is 1. The Labute approximate surface area is 134 Å². The zero-order valence-electron chi connectivity index (χ0n) is 12.6. The number of likely N-dealkylation sites (tertiary alicyclic amines) is 1. The molecule has 0 bridgehead atoms. The van der Waals surface area contributed by atoms with Crippen molar-refractivity contribution in [2.75, 3.05) is 18.0 Å². The minimum absolute atomic E-state index is 0.0939. The summed E-state index contributed by atoms with van der Waals surface area (Å²) >= 11 is 0. The molecule has 2 amide bonds. The van der Waals surface area contributed by atoms with Crippen LogP contribution >= 0.6 is 0 Å². The van der Waals surface area contributed by atoms with E-state index in [0.29, 0.717) is 18.8 Å². The molecule has 0 spiro atoms. The zero-order chi connectivity index (χ0) is 15.8. The normalized spacial score (nSPS) is 24.3. The first-order valence-electron chi connectivity index (χ1n) is 7.78. The summed E-state index contributed by atoms with van der Waals surface area (Å²) in [5.41, 5.74) is 1.78. The molecule has 2 aliphatic heterocycles. The Morgan fingerprint density at radius 1 is 0.957 bits per heavy atom. The fraction of sp³-hybridized carbons (Fsp3) is 0.278. The number of rotatable bonds is 3. The first-order valence-corrected chi connectivity index (χ1v) is 7.78. The van der Waals surface area contributed by atoms with Crippen molar-refractivity contribution >= 4 is 17.5 Å². The Hall–Kier alpha value is -2.53. The van der Waals surface area contributed by atoms with Gasteiger partial charge in [0.25, 0.3) is 0 Å². The minimum atomic E-state index is -0.230. The van der Waals surface area contributed by atoms with Crippen LogP contribution < -0.4 is 4.90 Å². The fourth-order valence-electron chi connectivity index (χ4n) is 3.54. The maximum absolute atomic E-state index is 12.6. The number of hydrogen-bond acceptors (Lipinski definition) is 4. The second kappa shape index (κ2) is 5.59. The molecule has 4 rings (SSSR count). The number of carbonyl (C=O) groups excluding carboxylic acids is 2. The highest BCUT2D eigenvalue weighted by molar-refractivity contribution is 6.22. The number of aromatic nitrogens is 1. The smallest absolute Gasteiger partial charge is 0.239 e. The van der Waals surface area contributed by atoms with Crippen molar-refractivity contribution in [3.8, 4) is 0 Å². The lowest BCUT2D eigenvalue weighted by molar-refractivity contribution is -0.123. The van der Waals surface area contributed by atoms with Gasteiger partial charge in [0.1, 0.15) is 0 Å². The fourth-order valence-corrected chi connectivity index (χ4v) is 3.54. The number of imide groups is 1. The largest absolute Gasteiger partial charge is 0.297 e. The van der Waals surface area contributed by atoms with E-state index in [1.807, 2.05) is 18.2 Å². The van der Waals surface area contributed by atoms with Crippen LogP contribution in [0.4, 0.5) is 5.69 Å². The van der Waals surface area contributed by atoms with Gasteiger partial charge in [0.15, 0.2) is 0 Å². The highest BCUT2D eigenvalue weighted by atomic mass is 16.2. The van der Waals surface area contributed by atoms with E-state index in [1.165, 1.54) is 10.5 Å². The van der Waals surface area contributed by atoms with Crippen molar-refractivity contribution in [3.05, 3.63) is 60.4 Å². The van der Waals surface area contributed by atoms with Gasteiger partial charge in [-0.3, -0.25) is 19.5 Å². The molecule has 2 aliphatic rings. The maximum atomic E-state index is 12.6. The van der Waals surface area contributed by atoms with Crippen LogP contribution in [0.15, 0.2) is 54.9 Å². The molecule has 0 saturated carbocycles. The molecule has 2 aromatic rings. The number of carbonyl (C=O) groups is 2. The van der Waals surface area contributed by atoms with E-state index in [4.69, 9.17) is 0 Å². The van der Waals surface area contributed by atoms with E-state index in [0.717, 1.165) is 6.54 Å². The van der Waals surface area contributed by atoms with Crippen molar-refractivity contribution in [3.63, 3.8) is 0 Å². The maximum Gasteiger partial charge on any atom is 0.239 e. The van der Waals surface area contributed by atoms with E-state index < -0.39 is 0 Å². The van der Waals surface area contributed by atoms with Gasteiger partial charge in [-0.2, -0.15) is 0 Å². The van der Waals surface area contributed by atoms with Gasteiger partial charge >= 0.3 is 0 Å². The summed E-state index contributed by atoms with van der Waals surface area (Å²) in [5.74, 6) is -0.648. The molecule has 5 nitrogen and oxygen atoms in total. The van der Waals surface area contributed by atoms with Crippen molar-refractivity contribution < 1.29 is 9.59 Å². The van der Waals surface area contributed by atoms with Crippen LogP contribution in [0.3, 0.4) is 0 Å². The average molecular weight is 307 g/mol. The summed E-state index contributed by atoms with van der Waals surface area (Å²) in [6.07, 6.45) is 3.20. The third-order valence-corrected chi connectivity index (χ3v) is 4.62. The van der Waals surface area contributed by atoms with E-state index >= 15 is 0 Å². The third kappa shape index (κ3) is 2.43. The molecule has 23 heavy (non-hydrogen) atoms. The molecule has 116 valence electrons. The van der Waals surface area contributed by atoms with Gasteiger partial charge in [-0.15, -0.1) is 0 Å². The van der Waals surface area contributed by atoms with Crippen LogP contribution in [-0.2, 0) is 16.1 Å². The molecule has 0 radical (unpaired) electrons. The van der Waals surface area contributed by atoms with Crippen molar-refractivity contribution in [2.24, 2.45) is 11.8 Å². The lowest BCUT2D eigenvalue weighted by Gasteiger charge is -2.20. The summed E-state index contributed by atoms with van der Waals surface area (Å²) in [6, 6.07) is 13.6. The highest BCUT2D eigenvalue weighted by Crippen LogP contribution is 2.36. The molecule has 1 aromatic heterocycles. The molecule has 3 heterocycles. The lowest BCUT2D eigenvalue weighted by Crippen LogP contribution is -2.36. The number of pyridine rings is 1. The van der Waals surface area contributed by atoms with Crippen LogP contribution in [0, 0.1) is 11.8 Å². The van der Waals surface area contributed by atoms with E-state index in [2.05, 4.69) is 22.0 Å². The Balaban J connectivity index is 1.51. The van der Waals surface area contributed by atoms with Crippen LogP contribution in [0.5, 0.6) is 0 Å². The first kappa shape index (κ1) is 14.1. The number of nitrogens with zero attached hydrogens (tertiary/aromatic N) is 3. The standard InChI is InChI=1S/C18H17N3O2/c22-17-15-11-20(10-13-5-2-1-3-6-13)12-16(15)18(23)21(17)14-7-4-8-19-9-14/h1-9,15-16H,10-12H2. The second-order valence-electron chi connectivity index (χ2n) is 6.12. The highest BCUT2D eigenvalue weighted by Gasteiger charge is 2.52. The van der Waals surface area contributed by atoms with Gasteiger partial charge in [0.05, 0.1) is 23.7 Å². The number of amides is 2. The molecule has 2 fully saturated rings. The Morgan fingerprint density at radius 3 is 2.26 bits per heavy atom. The summed E-state index contributed by atoms with van der Waals surface area (Å²) < 4.78 is 0. The van der Waals surface area contributed by atoms with Gasteiger partial charge in [0.2, 0.25) is 11.8 Å². The SMILES string of the molecule is O=C1C2CN(Cc3ccccc3)CC2C(=O)N1c1cccnc1. The van der Waals surface area contributed by atoms with Gasteiger partial charge in [-0.1, -0.05) is 30.3 Å². The van der Waals surface area contributed by atoms with Crippen molar-refractivity contribution in [1.29, 1.82) is 0 Å². The number of fused-ring (bicyclic) bond motifs is 1. The lowest BCUT2D eigenvalue weighted by atomic mass is 10.00. The average Bonchev–Trinajstić information content (AvgIpc) is 3.09. The van der Waals surface area contributed by atoms with Crippen LogP contribution in [0.1, 0.15) is 5.56 Å². The molecule has 2 atom stereocenters. The summed E-state index contributed by atoms with van der Waals surface area (Å²) in [7, 11) is 0. The summed E-state index contributed by atoms with van der Waals surface area (Å²) in [4.78, 5) is 32.8. The van der Waals surface area contributed by atoms with E-state index in [-0.39, 0.29) is 23.7 Å². The van der Waals surface area contributed by atoms with Crippen LogP contribution in [-0.4, -0.2) is 34.8 Å². The minimum Gasteiger partial charge on any atom is -0.297 e. The molecular weight excluding hydrogens is 290 g/mol. The number of benzene rings is 1. The molecule has 5 heteroatoms. The predicted octanol–water partition coefficient (Wildman–Crippen LogP) is 1.70. The molecular formula is C18H17N3O2. The van der Waals surface area contributed by atoms with E-state index in [1.54, 1.807) is 24.5 Å². The van der Waals surface area contributed by atoms with Gasteiger partial charge in [-0.25, -0.2) is 4.90 Å². The second-order valence-corrected chi connectivity index (χ2v) is 6.12. The monoisotopic (exact) mass is 307 g/mol. The summed E-state index contributed by atoms with van der Waals surface area (Å²) in [6.45, 7) is 2.06. The Kier molecular flexibility index (Phi) is 3.42. The van der Waals surface area contributed by atoms with Crippen molar-refractivity contribution in [1.82, 2.24) is 9.88 Å². The quantitative estimate of drug-likeness (QED) is 0.810. The molecule has 0 N–H and O–H groups in total. The molecule has 0 aliphatic carbocycles. The third-order valence-electron chi connectivity index (χ3n) is 4.62. The molecule has 1 aromatic carbocycles.